The Labute approximate surface area is 127 Å². The van der Waals surface area contributed by atoms with Crippen LogP contribution in [0.2, 0.25) is 5.02 Å². The molecule has 0 bridgehead atoms. The minimum absolute atomic E-state index is 0.260. The molecular formula is C14H17ClN2O4. The summed E-state index contributed by atoms with van der Waals surface area (Å²) in [6.07, 6.45) is 0.961. The number of hydrogen-bond acceptors (Lipinski definition) is 3. The molecule has 1 atom stereocenters. The average molecular weight is 313 g/mol. The van der Waals surface area contributed by atoms with E-state index in [1.54, 1.807) is 18.2 Å². The van der Waals surface area contributed by atoms with E-state index in [2.05, 4.69) is 10.6 Å². The maximum atomic E-state index is 11.8. The standard InChI is InChI=1S/C14H17ClN2O4/c1-2-5-11(14(20)21)17-12(18)8-16-13(19)9-6-3-4-7-10(9)15/h3-4,6-7,11H,2,5,8H2,1H3,(H,16,19)(H,17,18)(H,20,21)/t11-/m1/s1. The van der Waals surface area contributed by atoms with E-state index in [1.807, 2.05) is 6.92 Å². The summed E-state index contributed by atoms with van der Waals surface area (Å²) >= 11 is 5.86. The summed E-state index contributed by atoms with van der Waals surface area (Å²) in [5.41, 5.74) is 0.260. The molecule has 21 heavy (non-hydrogen) atoms. The molecule has 2 amide bonds. The van der Waals surface area contributed by atoms with Gasteiger partial charge in [0.2, 0.25) is 5.91 Å². The number of rotatable bonds is 7. The molecule has 0 aliphatic rings. The van der Waals surface area contributed by atoms with Crippen LogP contribution in [0, 0.1) is 0 Å². The van der Waals surface area contributed by atoms with Crippen LogP contribution in [0.3, 0.4) is 0 Å². The average Bonchev–Trinajstić information content (AvgIpc) is 2.44. The zero-order valence-corrected chi connectivity index (χ0v) is 12.3. The third-order valence-corrected chi connectivity index (χ3v) is 3.07. The van der Waals surface area contributed by atoms with Crippen molar-refractivity contribution in [2.45, 2.75) is 25.8 Å². The smallest absolute Gasteiger partial charge is 0.326 e. The number of carboxylic acids is 1. The molecule has 0 saturated heterocycles. The van der Waals surface area contributed by atoms with Gasteiger partial charge in [0.05, 0.1) is 17.1 Å². The van der Waals surface area contributed by atoms with Crippen molar-refractivity contribution < 1.29 is 19.5 Å². The Balaban J connectivity index is 2.51. The molecule has 0 spiro atoms. The highest BCUT2D eigenvalue weighted by Gasteiger charge is 2.19. The first-order valence-corrected chi connectivity index (χ1v) is 6.88. The van der Waals surface area contributed by atoms with E-state index in [4.69, 9.17) is 16.7 Å². The van der Waals surface area contributed by atoms with Gasteiger partial charge in [-0.1, -0.05) is 37.1 Å². The minimum atomic E-state index is -1.09. The van der Waals surface area contributed by atoms with Crippen molar-refractivity contribution in [3.05, 3.63) is 34.9 Å². The number of carbonyl (C=O) groups is 3. The predicted octanol–water partition coefficient (Wildman–Crippen LogP) is 1.44. The zero-order valence-electron chi connectivity index (χ0n) is 11.6. The predicted molar refractivity (Wildman–Crippen MR) is 78.3 cm³/mol. The molecule has 0 aromatic heterocycles. The van der Waals surface area contributed by atoms with Gasteiger partial charge in [-0.3, -0.25) is 9.59 Å². The van der Waals surface area contributed by atoms with Crippen LogP contribution >= 0.6 is 11.6 Å². The summed E-state index contributed by atoms with van der Waals surface area (Å²) in [4.78, 5) is 34.4. The van der Waals surface area contributed by atoms with Gasteiger partial charge in [0.25, 0.3) is 5.91 Å². The van der Waals surface area contributed by atoms with Gasteiger partial charge in [0.1, 0.15) is 6.04 Å². The Morgan fingerprint density at radius 1 is 1.29 bits per heavy atom. The van der Waals surface area contributed by atoms with E-state index in [9.17, 15) is 14.4 Å². The number of hydrogen-bond donors (Lipinski definition) is 3. The number of halogens is 1. The van der Waals surface area contributed by atoms with Crippen LogP contribution in [0.15, 0.2) is 24.3 Å². The van der Waals surface area contributed by atoms with Crippen molar-refractivity contribution in [3.63, 3.8) is 0 Å². The quantitative estimate of drug-likeness (QED) is 0.710. The van der Waals surface area contributed by atoms with Crippen molar-refractivity contribution in [1.29, 1.82) is 0 Å². The largest absolute Gasteiger partial charge is 0.480 e. The monoisotopic (exact) mass is 312 g/mol. The minimum Gasteiger partial charge on any atom is -0.480 e. The van der Waals surface area contributed by atoms with Gasteiger partial charge in [0, 0.05) is 0 Å². The maximum absolute atomic E-state index is 11.8. The van der Waals surface area contributed by atoms with Crippen LogP contribution in [0.1, 0.15) is 30.1 Å². The van der Waals surface area contributed by atoms with Crippen molar-refractivity contribution >= 4 is 29.4 Å². The zero-order chi connectivity index (χ0) is 15.8. The van der Waals surface area contributed by atoms with E-state index in [0.717, 1.165) is 0 Å². The van der Waals surface area contributed by atoms with Crippen LogP contribution in [0.25, 0.3) is 0 Å². The number of aliphatic carboxylic acids is 1. The normalized spacial score (nSPS) is 11.5. The Kier molecular flexibility index (Phi) is 6.68. The van der Waals surface area contributed by atoms with E-state index in [-0.39, 0.29) is 17.1 Å². The number of carboxylic acid groups (broad SMARTS) is 1. The lowest BCUT2D eigenvalue weighted by molar-refractivity contribution is -0.141. The molecule has 0 unspecified atom stereocenters. The first kappa shape index (κ1) is 17.0. The maximum Gasteiger partial charge on any atom is 0.326 e. The highest BCUT2D eigenvalue weighted by molar-refractivity contribution is 6.33. The highest BCUT2D eigenvalue weighted by atomic mass is 35.5. The van der Waals surface area contributed by atoms with E-state index >= 15 is 0 Å². The molecule has 0 saturated carbocycles. The van der Waals surface area contributed by atoms with Gasteiger partial charge in [-0.05, 0) is 18.6 Å². The molecule has 1 aromatic carbocycles. The molecule has 6 nitrogen and oxygen atoms in total. The second kappa shape index (κ2) is 8.26. The van der Waals surface area contributed by atoms with Crippen LogP contribution in [0.4, 0.5) is 0 Å². The van der Waals surface area contributed by atoms with Crippen LogP contribution in [-0.2, 0) is 9.59 Å². The molecule has 3 N–H and O–H groups in total. The van der Waals surface area contributed by atoms with Gasteiger partial charge >= 0.3 is 5.97 Å². The van der Waals surface area contributed by atoms with Crippen molar-refractivity contribution in [2.75, 3.05) is 6.54 Å². The van der Waals surface area contributed by atoms with E-state index in [0.29, 0.717) is 12.8 Å². The van der Waals surface area contributed by atoms with Crippen LogP contribution in [0.5, 0.6) is 0 Å². The Hall–Kier alpha value is -2.08. The van der Waals surface area contributed by atoms with E-state index < -0.39 is 23.8 Å². The van der Waals surface area contributed by atoms with Gasteiger partial charge in [-0.2, -0.15) is 0 Å². The fraction of sp³-hybridized carbons (Fsp3) is 0.357. The van der Waals surface area contributed by atoms with Gasteiger partial charge in [-0.25, -0.2) is 4.79 Å². The summed E-state index contributed by atoms with van der Waals surface area (Å²) in [5.74, 6) is -2.14. The fourth-order valence-corrected chi connectivity index (χ4v) is 1.91. The summed E-state index contributed by atoms with van der Waals surface area (Å²) in [6.45, 7) is 1.51. The molecule has 0 aliphatic carbocycles. The number of carbonyl (C=O) groups excluding carboxylic acids is 2. The van der Waals surface area contributed by atoms with Crippen LogP contribution < -0.4 is 10.6 Å². The lowest BCUT2D eigenvalue weighted by atomic mass is 10.1. The summed E-state index contributed by atoms with van der Waals surface area (Å²) in [6, 6.07) is 5.50. The second-order valence-corrected chi connectivity index (χ2v) is 4.82. The molecule has 1 aromatic rings. The van der Waals surface area contributed by atoms with Crippen molar-refractivity contribution in [3.8, 4) is 0 Å². The molecular weight excluding hydrogens is 296 g/mol. The third-order valence-electron chi connectivity index (χ3n) is 2.74. The number of amides is 2. The van der Waals surface area contributed by atoms with Gasteiger partial charge in [0.15, 0.2) is 0 Å². The second-order valence-electron chi connectivity index (χ2n) is 4.41. The Morgan fingerprint density at radius 2 is 1.95 bits per heavy atom. The molecule has 7 heteroatoms. The number of nitrogens with one attached hydrogen (secondary N) is 2. The third kappa shape index (κ3) is 5.43. The van der Waals surface area contributed by atoms with Crippen LogP contribution in [-0.4, -0.2) is 35.5 Å². The first-order chi connectivity index (χ1) is 9.95. The lowest BCUT2D eigenvalue weighted by Crippen LogP contribution is -2.45. The Bertz CT molecular complexity index is 533. The van der Waals surface area contributed by atoms with Gasteiger partial charge in [-0.15, -0.1) is 0 Å². The van der Waals surface area contributed by atoms with Gasteiger partial charge < -0.3 is 15.7 Å². The highest BCUT2D eigenvalue weighted by Crippen LogP contribution is 2.14. The molecule has 0 aliphatic heterocycles. The first-order valence-electron chi connectivity index (χ1n) is 6.50. The summed E-state index contributed by atoms with van der Waals surface area (Å²) in [7, 11) is 0. The lowest BCUT2D eigenvalue weighted by Gasteiger charge is -2.14. The molecule has 0 heterocycles. The summed E-state index contributed by atoms with van der Waals surface area (Å²) in [5, 5.41) is 14.0. The Morgan fingerprint density at radius 3 is 2.52 bits per heavy atom. The molecule has 0 radical (unpaired) electrons. The SMILES string of the molecule is CCC[C@@H](NC(=O)CNC(=O)c1ccccc1Cl)C(=O)O. The molecule has 1 rings (SSSR count). The fourth-order valence-electron chi connectivity index (χ4n) is 1.69. The van der Waals surface area contributed by atoms with Crippen molar-refractivity contribution in [2.24, 2.45) is 0 Å². The van der Waals surface area contributed by atoms with E-state index in [1.165, 1.54) is 6.07 Å². The number of benzene rings is 1. The molecule has 0 fully saturated rings. The van der Waals surface area contributed by atoms with Crippen molar-refractivity contribution in [1.82, 2.24) is 10.6 Å². The molecule has 114 valence electrons. The summed E-state index contributed by atoms with van der Waals surface area (Å²) < 4.78 is 0. The topological polar surface area (TPSA) is 95.5 Å².